The first-order chi connectivity index (χ1) is 13.8. The second-order valence-corrected chi connectivity index (χ2v) is 7.80. The third kappa shape index (κ3) is 3.97. The molecule has 0 spiro atoms. The quantitative estimate of drug-likeness (QED) is 0.609. The molecular formula is C19H15ClF3N3O2S. The van der Waals surface area contributed by atoms with Crippen molar-refractivity contribution in [2.45, 2.75) is 25.6 Å². The van der Waals surface area contributed by atoms with Gasteiger partial charge in [0, 0.05) is 16.6 Å². The molecule has 0 radical (unpaired) electrons. The van der Waals surface area contributed by atoms with E-state index in [2.05, 4.69) is 10.3 Å². The molecule has 0 aliphatic carbocycles. The second-order valence-electron chi connectivity index (χ2n) is 6.41. The lowest BCUT2D eigenvalue weighted by molar-refractivity contribution is -0.136. The summed E-state index contributed by atoms with van der Waals surface area (Å²) in [7, 11) is 0. The summed E-state index contributed by atoms with van der Waals surface area (Å²) in [5, 5.41) is 4.31. The van der Waals surface area contributed by atoms with Crippen LogP contribution in [-0.2, 0) is 17.5 Å². The zero-order chi connectivity index (χ0) is 20.6. The lowest BCUT2D eigenvalue weighted by Crippen LogP contribution is -2.23. The van der Waals surface area contributed by atoms with Gasteiger partial charge in [-0.05, 0) is 36.4 Å². The molecule has 4 heterocycles. The Kier molecular flexibility index (Phi) is 5.26. The van der Waals surface area contributed by atoms with E-state index in [4.69, 9.17) is 16.3 Å². The van der Waals surface area contributed by atoms with E-state index in [0.29, 0.717) is 18.8 Å². The predicted molar refractivity (Wildman–Crippen MR) is 104 cm³/mol. The normalized spacial score (nSPS) is 14.6. The molecule has 1 aliphatic heterocycles. The van der Waals surface area contributed by atoms with Gasteiger partial charge in [-0.25, -0.2) is 4.98 Å². The fourth-order valence-electron chi connectivity index (χ4n) is 3.03. The Bertz CT molecular complexity index is 1090. The molecule has 0 unspecified atom stereocenters. The van der Waals surface area contributed by atoms with Gasteiger partial charge in [-0.1, -0.05) is 17.7 Å². The molecule has 0 saturated heterocycles. The number of alkyl halides is 3. The van der Waals surface area contributed by atoms with Crippen molar-refractivity contribution in [2.24, 2.45) is 0 Å². The summed E-state index contributed by atoms with van der Waals surface area (Å²) >= 11 is 7.71. The number of hydrogen-bond donors (Lipinski definition) is 1. The van der Waals surface area contributed by atoms with Gasteiger partial charge < -0.3 is 10.1 Å². The van der Waals surface area contributed by atoms with Crippen molar-refractivity contribution in [1.82, 2.24) is 14.7 Å². The number of rotatable bonds is 4. The van der Waals surface area contributed by atoms with Crippen LogP contribution in [0.4, 0.5) is 13.2 Å². The molecule has 0 atom stereocenters. The van der Waals surface area contributed by atoms with Gasteiger partial charge in [0.2, 0.25) is 0 Å². The van der Waals surface area contributed by atoms with Crippen LogP contribution in [-0.4, -0.2) is 21.9 Å². The predicted octanol–water partition coefficient (Wildman–Crippen LogP) is 5.15. The first kappa shape index (κ1) is 19.8. The number of fused-ring (bicyclic) bond motifs is 1. The molecule has 1 N–H and O–H groups in total. The molecule has 4 rings (SSSR count). The van der Waals surface area contributed by atoms with E-state index in [1.54, 1.807) is 6.08 Å². The van der Waals surface area contributed by atoms with Crippen LogP contribution in [0.25, 0.3) is 11.4 Å². The Morgan fingerprint density at radius 1 is 1.41 bits per heavy atom. The van der Waals surface area contributed by atoms with E-state index in [0.717, 1.165) is 21.8 Å². The maximum absolute atomic E-state index is 13.7. The van der Waals surface area contributed by atoms with Crippen LogP contribution in [0.15, 0.2) is 35.9 Å². The van der Waals surface area contributed by atoms with Crippen LogP contribution in [0.2, 0.25) is 5.15 Å². The van der Waals surface area contributed by atoms with Crippen molar-refractivity contribution in [1.29, 1.82) is 0 Å². The molecule has 29 heavy (non-hydrogen) atoms. The minimum atomic E-state index is -4.67. The van der Waals surface area contributed by atoms with E-state index >= 15 is 0 Å². The summed E-state index contributed by atoms with van der Waals surface area (Å²) in [6.45, 7) is 0.665. The number of aromatic nitrogens is 2. The molecule has 1 aliphatic rings. The fourth-order valence-corrected chi connectivity index (χ4v) is 3.93. The zero-order valence-corrected chi connectivity index (χ0v) is 16.5. The Balaban J connectivity index is 1.76. The smallest absolute Gasteiger partial charge is 0.420 e. The Hall–Kier alpha value is -2.52. The largest absolute Gasteiger partial charge is 0.493 e. The highest BCUT2D eigenvalue weighted by Crippen LogP contribution is 2.36. The molecule has 1 amide bonds. The summed E-state index contributed by atoms with van der Waals surface area (Å²) in [6.07, 6.45) is -0.00961. The van der Waals surface area contributed by atoms with Crippen LogP contribution in [0.3, 0.4) is 0 Å². The lowest BCUT2D eigenvalue weighted by Gasteiger charge is -2.17. The van der Waals surface area contributed by atoms with Crippen LogP contribution < -0.4 is 5.32 Å². The number of nitrogens with zero attached hydrogens (tertiary/aromatic N) is 2. The van der Waals surface area contributed by atoms with Crippen molar-refractivity contribution >= 4 is 40.3 Å². The molecule has 152 valence electrons. The number of thiophene rings is 1. The van der Waals surface area contributed by atoms with Crippen LogP contribution >= 0.6 is 22.9 Å². The van der Waals surface area contributed by atoms with E-state index in [-0.39, 0.29) is 23.0 Å². The van der Waals surface area contributed by atoms with Gasteiger partial charge in [0.05, 0.1) is 18.7 Å². The number of ether oxygens (including phenoxy) is 1. The number of imidazole rings is 1. The number of pyridine rings is 1. The monoisotopic (exact) mass is 441 g/mol. The number of carbonyl (C=O) groups is 1. The van der Waals surface area contributed by atoms with Crippen molar-refractivity contribution in [3.05, 3.63) is 62.7 Å². The van der Waals surface area contributed by atoms with Gasteiger partial charge in [-0.2, -0.15) is 13.2 Å². The van der Waals surface area contributed by atoms with Crippen molar-refractivity contribution < 1.29 is 22.7 Å². The number of amides is 1. The molecule has 10 heteroatoms. The molecule has 3 aromatic rings. The molecule has 5 nitrogen and oxygen atoms in total. The highest BCUT2D eigenvalue weighted by atomic mass is 35.5. The van der Waals surface area contributed by atoms with E-state index in [1.807, 2.05) is 17.5 Å². The third-order valence-corrected chi connectivity index (χ3v) is 5.64. The summed E-state index contributed by atoms with van der Waals surface area (Å²) in [6, 6.07) is 4.65. The van der Waals surface area contributed by atoms with Gasteiger partial charge in [0.1, 0.15) is 10.9 Å². The minimum Gasteiger partial charge on any atom is -0.493 e. The number of hydrogen-bond acceptors (Lipinski definition) is 4. The van der Waals surface area contributed by atoms with E-state index < -0.39 is 23.3 Å². The number of nitrogens with one attached hydrogen (secondary N) is 1. The van der Waals surface area contributed by atoms with Gasteiger partial charge in [-0.15, -0.1) is 11.3 Å². The Labute approximate surface area is 172 Å². The lowest BCUT2D eigenvalue weighted by atomic mass is 10.1. The summed E-state index contributed by atoms with van der Waals surface area (Å²) < 4.78 is 47.6. The summed E-state index contributed by atoms with van der Waals surface area (Å²) in [5.74, 6) is -0.285. The highest BCUT2D eigenvalue weighted by molar-refractivity contribution is 7.09. The van der Waals surface area contributed by atoms with Crippen LogP contribution in [0.1, 0.15) is 39.3 Å². The summed E-state index contributed by atoms with van der Waals surface area (Å²) in [5.41, 5.74) is -1.44. The standard InChI is InChI=1S/C19H15ClF3N3O2S/c20-16-15(18(27)24-9-12-4-3-7-29-12)25-17-13(19(21,22)23)8-11(10-26(16)17)14-5-1-2-6-28-14/h3-5,7-8,10H,1-2,6,9H2,(H,24,27). The maximum atomic E-state index is 13.7. The first-order valence-electron chi connectivity index (χ1n) is 8.77. The van der Waals surface area contributed by atoms with Crippen LogP contribution in [0, 0.1) is 0 Å². The zero-order valence-electron chi connectivity index (χ0n) is 14.9. The molecule has 0 bridgehead atoms. The Morgan fingerprint density at radius 3 is 2.90 bits per heavy atom. The number of carbonyl (C=O) groups excluding carboxylic acids is 1. The second kappa shape index (κ2) is 7.72. The van der Waals surface area contributed by atoms with Crippen molar-refractivity contribution in [3.8, 4) is 0 Å². The minimum absolute atomic E-state index is 0.188. The molecule has 0 fully saturated rings. The molecule has 0 aromatic carbocycles. The van der Waals surface area contributed by atoms with Crippen molar-refractivity contribution in [2.75, 3.05) is 6.61 Å². The number of allylic oxidation sites excluding steroid dienone is 1. The van der Waals surface area contributed by atoms with E-state index in [1.165, 1.54) is 17.5 Å². The summed E-state index contributed by atoms with van der Waals surface area (Å²) in [4.78, 5) is 17.3. The first-order valence-corrected chi connectivity index (χ1v) is 10.0. The fraction of sp³-hybridized carbons (Fsp3) is 0.263. The molecule has 3 aromatic heterocycles. The topological polar surface area (TPSA) is 55.6 Å². The van der Waals surface area contributed by atoms with Crippen LogP contribution in [0.5, 0.6) is 0 Å². The SMILES string of the molecule is O=C(NCc1cccs1)c1nc2c(C(F)(F)F)cc(C3=CCCCO3)cn2c1Cl. The average molecular weight is 442 g/mol. The van der Waals surface area contributed by atoms with Gasteiger partial charge >= 0.3 is 6.18 Å². The Morgan fingerprint density at radius 2 is 2.24 bits per heavy atom. The maximum Gasteiger partial charge on any atom is 0.420 e. The van der Waals surface area contributed by atoms with Gasteiger partial charge in [-0.3, -0.25) is 9.20 Å². The van der Waals surface area contributed by atoms with Gasteiger partial charge in [0.25, 0.3) is 5.91 Å². The van der Waals surface area contributed by atoms with Crippen molar-refractivity contribution in [3.63, 3.8) is 0 Å². The number of halogens is 4. The van der Waals surface area contributed by atoms with E-state index in [9.17, 15) is 18.0 Å². The van der Waals surface area contributed by atoms with Gasteiger partial charge in [0.15, 0.2) is 11.3 Å². The highest BCUT2D eigenvalue weighted by Gasteiger charge is 2.36. The third-order valence-electron chi connectivity index (χ3n) is 4.41. The average Bonchev–Trinajstić information content (AvgIpc) is 3.33. The molecular weight excluding hydrogens is 427 g/mol. The molecule has 0 saturated carbocycles.